The fourth-order valence-corrected chi connectivity index (χ4v) is 5.69. The van der Waals surface area contributed by atoms with Crippen molar-refractivity contribution in [2.75, 3.05) is 13.2 Å². The third kappa shape index (κ3) is 7.39. The van der Waals surface area contributed by atoms with E-state index in [1.165, 1.54) is 5.57 Å². The summed E-state index contributed by atoms with van der Waals surface area (Å²) in [5.41, 5.74) is 1.01. The van der Waals surface area contributed by atoms with Crippen molar-refractivity contribution in [3.63, 3.8) is 0 Å². The molecule has 0 amide bonds. The van der Waals surface area contributed by atoms with Gasteiger partial charge in [-0.25, -0.2) is 4.79 Å². The molecule has 2 fully saturated rings. The molecule has 4 N–H and O–H groups in total. The Balaban J connectivity index is 0.00000124. The summed E-state index contributed by atoms with van der Waals surface area (Å²) in [5, 5.41) is 30.4. The van der Waals surface area contributed by atoms with Gasteiger partial charge in [-0.3, -0.25) is 0 Å². The first kappa shape index (κ1) is 32.8. The van der Waals surface area contributed by atoms with Gasteiger partial charge in [0.2, 0.25) is 0 Å². The zero-order chi connectivity index (χ0) is 22.9. The fourth-order valence-electron chi connectivity index (χ4n) is 5.69. The van der Waals surface area contributed by atoms with E-state index < -0.39 is 25.3 Å². The second kappa shape index (κ2) is 12.7. The Morgan fingerprint density at radius 3 is 2.28 bits per heavy atom. The number of fused-ring (bicyclic) bond motifs is 1. The molecule has 2 aliphatic carbocycles. The van der Waals surface area contributed by atoms with Crippen LogP contribution in [0, 0.1) is 22.7 Å². The average molecular weight is 492 g/mol. The maximum Gasteiger partial charge on any atom is 1.00 e. The van der Waals surface area contributed by atoms with E-state index in [4.69, 9.17) is 24.0 Å². The van der Waals surface area contributed by atoms with Crippen molar-refractivity contribution in [3.05, 3.63) is 23.5 Å². The molecule has 0 saturated heterocycles. The normalized spacial score (nSPS) is 34.4. The topological polar surface area (TPSA) is 170 Å². The third-order valence-corrected chi connectivity index (χ3v) is 7.31. The predicted molar refractivity (Wildman–Crippen MR) is 104 cm³/mol. The Bertz CT molecular complexity index is 760. The summed E-state index contributed by atoms with van der Waals surface area (Å²) >= 11 is 0. The number of rotatable bonds is 4. The number of aliphatic hydroxyl groups is 3. The molecule has 0 radical (unpaired) electrons. The Morgan fingerprint density at radius 2 is 1.81 bits per heavy atom. The number of allylic oxidation sites excluding steroid dienone is 1. The predicted octanol–water partition coefficient (Wildman–Crippen LogP) is -5.31. The summed E-state index contributed by atoms with van der Waals surface area (Å²) in [5.74, 6) is 0.0490. The number of esters is 1. The monoisotopic (exact) mass is 492 g/mol. The van der Waals surface area contributed by atoms with Gasteiger partial charge in [0, 0.05) is 5.41 Å². The maximum absolute atomic E-state index is 11.8. The first-order chi connectivity index (χ1) is 13.7. The molecule has 12 heteroatoms. The second-order valence-corrected chi connectivity index (χ2v) is 9.97. The summed E-state index contributed by atoms with van der Waals surface area (Å²) < 4.78 is 13.5. The summed E-state index contributed by atoms with van der Waals surface area (Å²) in [6.45, 7) is 8.48. The Kier molecular flexibility index (Phi) is 13.0. The van der Waals surface area contributed by atoms with E-state index in [1.807, 2.05) is 6.92 Å². The van der Waals surface area contributed by atoms with Crippen LogP contribution in [0.2, 0.25) is 0 Å². The van der Waals surface area contributed by atoms with Crippen molar-refractivity contribution in [3.8, 4) is 0 Å². The van der Waals surface area contributed by atoms with E-state index in [0.29, 0.717) is 18.4 Å². The summed E-state index contributed by atoms with van der Waals surface area (Å²) in [6.07, 6.45) is 4.09. The molecule has 0 aromatic carbocycles. The smallest absolute Gasteiger partial charge is 0.790 e. The van der Waals surface area contributed by atoms with Gasteiger partial charge in [0.1, 0.15) is 12.4 Å². The van der Waals surface area contributed by atoms with Crippen LogP contribution in [0.1, 0.15) is 52.4 Å². The van der Waals surface area contributed by atoms with Crippen molar-refractivity contribution < 1.29 is 103 Å². The van der Waals surface area contributed by atoms with Crippen LogP contribution in [0.5, 0.6) is 0 Å². The van der Waals surface area contributed by atoms with Gasteiger partial charge in [-0.15, -0.1) is 0 Å². The van der Waals surface area contributed by atoms with E-state index in [0.717, 1.165) is 25.7 Å². The van der Waals surface area contributed by atoms with Crippen LogP contribution in [0.25, 0.3) is 0 Å². The quantitative estimate of drug-likeness (QED) is 0.130. The molecular weight excluding hydrogens is 461 g/mol. The van der Waals surface area contributed by atoms with E-state index in [-0.39, 0.29) is 95.3 Å². The first-order valence-electron chi connectivity index (χ1n) is 10.0. The number of carbonyl (C=O) groups excluding carboxylic acids is 1. The van der Waals surface area contributed by atoms with E-state index in [9.17, 15) is 20.1 Å². The molecule has 5 atom stereocenters. The average Bonchev–Trinajstić information content (AvgIpc) is 2.95. The minimum atomic E-state index is -5.14. The molecule has 3 aliphatic rings. The van der Waals surface area contributed by atoms with Gasteiger partial charge in [0.05, 0.1) is 26.1 Å². The standard InChI is InChI=1S/C20H30O5.2Na.H3O4P/c1-12-4-7-16-19(2,9-8-17(23)20(16,3)11-21)14(12)6-5-13-15(22)10-25-18(13)24;;;1-5(2,3)4/h14,16-17,21-23H,1,4-11H2,2-3H3;;;(H3,1,2,3,4)/q;2*+1;/p-2/t14-,16+,17-,19+,20+;;;/m1.../s1. The number of carbonyl (C=O) groups is 1. The number of hydrogen-bond donors (Lipinski definition) is 4. The maximum atomic E-state index is 11.8. The Labute approximate surface area is 233 Å². The first-order valence-corrected chi connectivity index (χ1v) is 11.5. The minimum Gasteiger partial charge on any atom is -0.790 e. The van der Waals surface area contributed by atoms with Crippen molar-refractivity contribution in [1.29, 1.82) is 0 Å². The van der Waals surface area contributed by atoms with Crippen LogP contribution < -0.4 is 68.9 Å². The number of aliphatic hydroxyl groups excluding tert-OH is 3. The number of cyclic esters (lactones) is 1. The van der Waals surface area contributed by atoms with Crippen molar-refractivity contribution in [2.45, 2.75) is 58.5 Å². The van der Waals surface area contributed by atoms with Crippen LogP contribution in [-0.2, 0) is 14.1 Å². The number of phosphoric acid groups is 1. The van der Waals surface area contributed by atoms with E-state index >= 15 is 0 Å². The van der Waals surface area contributed by atoms with Crippen LogP contribution in [-0.4, -0.2) is 45.5 Å². The fraction of sp³-hybridized carbons (Fsp3) is 0.750. The molecule has 172 valence electrons. The van der Waals surface area contributed by atoms with Gasteiger partial charge in [-0.1, -0.05) is 26.0 Å². The molecule has 0 aromatic rings. The third-order valence-electron chi connectivity index (χ3n) is 7.31. The van der Waals surface area contributed by atoms with Crippen LogP contribution in [0.15, 0.2) is 23.5 Å². The summed E-state index contributed by atoms with van der Waals surface area (Å²) in [4.78, 5) is 36.0. The van der Waals surface area contributed by atoms with Gasteiger partial charge >= 0.3 is 65.1 Å². The van der Waals surface area contributed by atoms with E-state index in [1.54, 1.807) is 0 Å². The van der Waals surface area contributed by atoms with Crippen LogP contribution in [0.4, 0.5) is 0 Å². The van der Waals surface area contributed by atoms with Crippen molar-refractivity contribution >= 4 is 13.8 Å². The molecule has 0 aromatic heterocycles. The van der Waals surface area contributed by atoms with Gasteiger partial charge in [-0.05, 0) is 55.8 Å². The molecule has 9 nitrogen and oxygen atoms in total. The van der Waals surface area contributed by atoms with Crippen molar-refractivity contribution in [2.24, 2.45) is 22.7 Å². The minimum absolute atomic E-state index is 0. The number of ether oxygens (including phenoxy) is 1. The van der Waals surface area contributed by atoms with Crippen molar-refractivity contribution in [1.82, 2.24) is 0 Å². The molecule has 32 heavy (non-hydrogen) atoms. The second-order valence-electron chi connectivity index (χ2n) is 9.03. The van der Waals surface area contributed by atoms with Gasteiger partial charge in [0.25, 0.3) is 0 Å². The SMILES string of the molecule is C=C1CC[C@@H]2[C@](C)(CO)[C@H](O)CC[C@@]2(C)[C@@H]1CCC1=C(O)COC1=O.O=P([O-])([O-])O.[Na+].[Na+]. The van der Waals surface area contributed by atoms with Gasteiger partial charge in [-0.2, -0.15) is 0 Å². The molecular formula is C20H31Na2O9P. The molecule has 1 aliphatic heterocycles. The van der Waals surface area contributed by atoms with Gasteiger partial charge < -0.3 is 39.3 Å². The number of hydrogen-bond acceptors (Lipinski definition) is 8. The summed E-state index contributed by atoms with van der Waals surface area (Å²) in [7, 11) is -5.14. The zero-order valence-electron chi connectivity index (χ0n) is 19.4. The van der Waals surface area contributed by atoms with Crippen LogP contribution in [0.3, 0.4) is 0 Å². The molecule has 1 heterocycles. The largest absolute Gasteiger partial charge is 1.00 e. The van der Waals surface area contributed by atoms with Crippen LogP contribution >= 0.6 is 7.82 Å². The van der Waals surface area contributed by atoms with E-state index in [2.05, 4.69) is 13.5 Å². The molecule has 0 bridgehead atoms. The summed E-state index contributed by atoms with van der Waals surface area (Å²) in [6, 6.07) is 0. The van der Waals surface area contributed by atoms with Gasteiger partial charge in [0.15, 0.2) is 0 Å². The Morgan fingerprint density at radius 1 is 1.25 bits per heavy atom. The Hall–Kier alpha value is 0.780. The molecule has 2 saturated carbocycles. The molecule has 3 rings (SSSR count). The molecule has 0 unspecified atom stereocenters. The zero-order valence-corrected chi connectivity index (χ0v) is 24.3. The molecule has 0 spiro atoms.